The highest BCUT2D eigenvalue weighted by Gasteiger charge is 2.14. The number of nitrogens with two attached hydrogens (primary N) is 1. The monoisotopic (exact) mass is 298 g/mol. The van der Waals surface area contributed by atoms with Crippen LogP contribution in [0, 0.1) is 10.6 Å². The van der Waals surface area contributed by atoms with Gasteiger partial charge in [-0.3, -0.25) is 0 Å². The van der Waals surface area contributed by atoms with Gasteiger partial charge < -0.3 is 5.73 Å². The van der Waals surface area contributed by atoms with Crippen LogP contribution in [0.3, 0.4) is 0 Å². The van der Waals surface area contributed by atoms with Gasteiger partial charge in [-0.05, 0) is 41.1 Å². The van der Waals surface area contributed by atoms with Crippen molar-refractivity contribution >= 4 is 22.6 Å². The molecular formula is C8H9F2IN2. The molecule has 0 aliphatic rings. The van der Waals surface area contributed by atoms with Crippen molar-refractivity contribution in [3.05, 3.63) is 26.6 Å². The van der Waals surface area contributed by atoms with Crippen LogP contribution in [0.1, 0.15) is 23.2 Å². The molecule has 13 heavy (non-hydrogen) atoms. The number of rotatable bonds is 2. The summed E-state index contributed by atoms with van der Waals surface area (Å²) in [6, 6.07) is 1.39. The maximum absolute atomic E-state index is 12.5. The van der Waals surface area contributed by atoms with Crippen molar-refractivity contribution in [2.75, 3.05) is 0 Å². The first-order valence-corrected chi connectivity index (χ1v) is 4.78. The van der Waals surface area contributed by atoms with Gasteiger partial charge in [0.2, 0.25) is 0 Å². The van der Waals surface area contributed by atoms with E-state index in [1.807, 2.05) is 22.6 Å². The Morgan fingerprint density at radius 1 is 1.62 bits per heavy atom. The van der Waals surface area contributed by atoms with Gasteiger partial charge in [-0.2, -0.15) is 0 Å². The van der Waals surface area contributed by atoms with Crippen molar-refractivity contribution in [3.63, 3.8) is 0 Å². The third-order valence-corrected chi connectivity index (χ3v) is 2.36. The van der Waals surface area contributed by atoms with Gasteiger partial charge in [-0.25, -0.2) is 13.8 Å². The van der Waals surface area contributed by atoms with Crippen molar-refractivity contribution in [3.8, 4) is 0 Å². The molecule has 0 aliphatic carbocycles. The Labute approximate surface area is 88.7 Å². The lowest BCUT2D eigenvalue weighted by molar-refractivity contribution is 0.150. The fourth-order valence-electron chi connectivity index (χ4n) is 1.07. The Kier molecular flexibility index (Phi) is 3.55. The van der Waals surface area contributed by atoms with Crippen LogP contribution in [0.25, 0.3) is 0 Å². The molecule has 0 fully saturated rings. The van der Waals surface area contributed by atoms with Crippen molar-refractivity contribution in [1.29, 1.82) is 0 Å². The van der Waals surface area contributed by atoms with Crippen molar-refractivity contribution in [1.82, 2.24) is 4.98 Å². The quantitative estimate of drug-likeness (QED) is 0.672. The van der Waals surface area contributed by atoms with Gasteiger partial charge >= 0.3 is 0 Å². The van der Waals surface area contributed by atoms with E-state index < -0.39 is 6.43 Å². The van der Waals surface area contributed by atoms with E-state index >= 15 is 0 Å². The van der Waals surface area contributed by atoms with Crippen LogP contribution in [-0.2, 0) is 6.54 Å². The zero-order valence-electron chi connectivity index (χ0n) is 7.02. The highest BCUT2D eigenvalue weighted by Crippen LogP contribution is 2.25. The van der Waals surface area contributed by atoms with Gasteiger partial charge in [0.05, 0.1) is 5.69 Å². The number of hydrogen-bond donors (Lipinski definition) is 1. The minimum atomic E-state index is -2.46. The maximum atomic E-state index is 12.5. The van der Waals surface area contributed by atoms with E-state index in [4.69, 9.17) is 5.73 Å². The Bertz CT molecular complexity index is 315. The lowest BCUT2D eigenvalue weighted by atomic mass is 10.1. The molecular weight excluding hydrogens is 289 g/mol. The third-order valence-electron chi connectivity index (χ3n) is 1.81. The molecule has 0 saturated carbocycles. The summed E-state index contributed by atoms with van der Waals surface area (Å²) in [4.78, 5) is 4.06. The summed E-state index contributed by atoms with van der Waals surface area (Å²) >= 11 is 1.90. The minimum Gasteiger partial charge on any atom is -0.325 e. The average Bonchev–Trinajstić information content (AvgIpc) is 2.08. The van der Waals surface area contributed by atoms with E-state index in [0.29, 0.717) is 15.0 Å². The Balaban J connectivity index is 3.27. The van der Waals surface area contributed by atoms with Crippen LogP contribution in [0.5, 0.6) is 0 Å². The first-order chi connectivity index (χ1) is 6.06. The van der Waals surface area contributed by atoms with E-state index in [2.05, 4.69) is 4.98 Å². The molecule has 0 amide bonds. The number of halogens is 3. The fourth-order valence-corrected chi connectivity index (χ4v) is 1.70. The maximum Gasteiger partial charge on any atom is 0.264 e. The lowest BCUT2D eigenvalue weighted by Crippen LogP contribution is -2.06. The highest BCUT2D eigenvalue weighted by molar-refractivity contribution is 14.1. The second kappa shape index (κ2) is 4.28. The molecule has 1 aromatic rings. The number of alkyl halides is 2. The largest absolute Gasteiger partial charge is 0.325 e. The molecule has 0 bridgehead atoms. The normalized spacial score (nSPS) is 10.9. The zero-order chi connectivity index (χ0) is 10.0. The minimum absolute atomic E-state index is 0.0276. The van der Waals surface area contributed by atoms with E-state index in [1.54, 1.807) is 6.92 Å². The summed E-state index contributed by atoms with van der Waals surface area (Å²) in [5, 5.41) is 0. The molecule has 2 nitrogen and oxygen atoms in total. The molecule has 0 radical (unpaired) electrons. The molecule has 72 valence electrons. The van der Waals surface area contributed by atoms with Crippen LogP contribution in [0.15, 0.2) is 6.07 Å². The molecule has 2 N–H and O–H groups in total. The van der Waals surface area contributed by atoms with Crippen molar-refractivity contribution < 1.29 is 8.78 Å². The molecule has 0 unspecified atom stereocenters. The predicted octanol–water partition coefficient (Wildman–Crippen LogP) is 2.39. The van der Waals surface area contributed by atoms with Crippen LogP contribution in [-0.4, -0.2) is 4.98 Å². The second-order valence-corrected chi connectivity index (χ2v) is 3.72. The highest BCUT2D eigenvalue weighted by atomic mass is 127. The molecule has 1 aromatic heterocycles. The number of nitrogens with zero attached hydrogens (tertiary/aromatic N) is 1. The molecule has 0 atom stereocenters. The zero-order valence-corrected chi connectivity index (χ0v) is 9.18. The topological polar surface area (TPSA) is 38.9 Å². The summed E-state index contributed by atoms with van der Waals surface area (Å²) in [6.07, 6.45) is -2.46. The molecule has 1 heterocycles. The van der Waals surface area contributed by atoms with Crippen LogP contribution >= 0.6 is 22.6 Å². The number of aromatic nitrogens is 1. The standard InChI is InChI=1S/C8H9F2IN2/c1-4-5(8(9)10)2-7(11)13-6(4)3-12/h2,8H,3,12H2,1H3. The molecule has 0 spiro atoms. The van der Waals surface area contributed by atoms with Gasteiger partial charge in [0.1, 0.15) is 3.70 Å². The summed E-state index contributed by atoms with van der Waals surface area (Å²) in [5.41, 5.74) is 6.45. The van der Waals surface area contributed by atoms with Crippen molar-refractivity contribution in [2.24, 2.45) is 5.73 Å². The van der Waals surface area contributed by atoms with Crippen LogP contribution in [0.4, 0.5) is 8.78 Å². The Morgan fingerprint density at radius 2 is 2.23 bits per heavy atom. The van der Waals surface area contributed by atoms with Gasteiger partial charge in [-0.1, -0.05) is 0 Å². The van der Waals surface area contributed by atoms with Gasteiger partial charge in [-0.15, -0.1) is 0 Å². The van der Waals surface area contributed by atoms with Crippen molar-refractivity contribution in [2.45, 2.75) is 19.9 Å². The summed E-state index contributed by atoms with van der Waals surface area (Å²) in [6.45, 7) is 1.81. The average molecular weight is 298 g/mol. The van der Waals surface area contributed by atoms with Gasteiger partial charge in [0.25, 0.3) is 6.43 Å². The smallest absolute Gasteiger partial charge is 0.264 e. The molecule has 5 heteroatoms. The lowest BCUT2D eigenvalue weighted by Gasteiger charge is -2.09. The van der Waals surface area contributed by atoms with E-state index in [0.717, 1.165) is 0 Å². The van der Waals surface area contributed by atoms with Crippen LogP contribution < -0.4 is 5.73 Å². The van der Waals surface area contributed by atoms with E-state index in [9.17, 15) is 8.78 Å². The third kappa shape index (κ3) is 2.34. The van der Waals surface area contributed by atoms with Gasteiger partial charge in [0.15, 0.2) is 0 Å². The Morgan fingerprint density at radius 3 is 2.69 bits per heavy atom. The van der Waals surface area contributed by atoms with Gasteiger partial charge in [0, 0.05) is 12.1 Å². The summed E-state index contributed by atoms with van der Waals surface area (Å²) < 4.78 is 25.5. The summed E-state index contributed by atoms with van der Waals surface area (Å²) in [5.74, 6) is 0. The first kappa shape index (κ1) is 10.8. The van der Waals surface area contributed by atoms with Crippen LogP contribution in [0.2, 0.25) is 0 Å². The number of pyridine rings is 1. The summed E-state index contributed by atoms with van der Waals surface area (Å²) in [7, 11) is 0. The molecule has 1 rings (SSSR count). The molecule has 0 saturated heterocycles. The second-order valence-electron chi connectivity index (χ2n) is 2.61. The first-order valence-electron chi connectivity index (χ1n) is 3.70. The fraction of sp³-hybridized carbons (Fsp3) is 0.375. The van der Waals surface area contributed by atoms with E-state index in [-0.39, 0.29) is 12.1 Å². The SMILES string of the molecule is Cc1c(C(F)F)cc(I)nc1CN. The Hall–Kier alpha value is -0.300. The molecule has 0 aromatic carbocycles. The predicted molar refractivity (Wildman–Crippen MR) is 54.5 cm³/mol. The molecule has 0 aliphatic heterocycles. The van der Waals surface area contributed by atoms with E-state index in [1.165, 1.54) is 6.07 Å². The number of hydrogen-bond acceptors (Lipinski definition) is 2.